The fourth-order valence-corrected chi connectivity index (χ4v) is 3.50. The second kappa shape index (κ2) is 6.97. The van der Waals surface area contributed by atoms with Gasteiger partial charge in [-0.15, -0.1) is 0 Å². The first-order valence-electron chi connectivity index (χ1n) is 8.13. The predicted octanol–water partition coefficient (Wildman–Crippen LogP) is 3.93. The number of nitrogens with zero attached hydrogens (tertiary/aromatic N) is 3. The van der Waals surface area contributed by atoms with Crippen molar-refractivity contribution < 1.29 is 9.18 Å². The zero-order chi connectivity index (χ0) is 17.3. The summed E-state index contributed by atoms with van der Waals surface area (Å²) in [5, 5.41) is 0. The largest absolute Gasteiger partial charge is 0.366 e. The highest BCUT2D eigenvalue weighted by molar-refractivity contribution is 9.10. The first-order valence-corrected chi connectivity index (χ1v) is 8.93. The maximum absolute atomic E-state index is 13.9. The lowest BCUT2D eigenvalue weighted by Gasteiger charge is -2.36. The Bertz CT molecular complexity index is 736. The monoisotopic (exact) mass is 393 g/mol. The topological polar surface area (TPSA) is 28.5 Å². The molecule has 0 spiro atoms. The summed E-state index contributed by atoms with van der Waals surface area (Å²) >= 11 is 3.45. The minimum Gasteiger partial charge on any atom is -0.366 e. The van der Waals surface area contributed by atoms with Gasteiger partial charge in [-0.2, -0.15) is 0 Å². The van der Waals surface area contributed by atoms with Crippen LogP contribution in [0.3, 0.4) is 0 Å². The summed E-state index contributed by atoms with van der Waals surface area (Å²) < 4.78 is 16.8. The van der Waals surface area contributed by atoms with Crippen LogP contribution < -0.4 is 4.90 Å². The van der Waals surface area contributed by atoms with Crippen molar-refractivity contribution >= 4 is 27.5 Å². The van der Waals surface area contributed by atoms with Gasteiger partial charge in [-0.05, 0) is 48.0 Å². The third kappa shape index (κ3) is 3.34. The summed E-state index contributed by atoms with van der Waals surface area (Å²) in [6.45, 7) is 6.56. The summed E-state index contributed by atoms with van der Waals surface area (Å²) in [4.78, 5) is 16.7. The molecule has 1 aliphatic rings. The van der Waals surface area contributed by atoms with Crippen molar-refractivity contribution in [1.29, 1.82) is 0 Å². The van der Waals surface area contributed by atoms with Crippen LogP contribution in [0.5, 0.6) is 0 Å². The summed E-state index contributed by atoms with van der Waals surface area (Å²) in [7, 11) is 0. The molecule has 1 aromatic carbocycles. The van der Waals surface area contributed by atoms with Crippen LogP contribution in [-0.2, 0) is 0 Å². The Morgan fingerprint density at radius 2 is 1.83 bits per heavy atom. The molecule has 1 aromatic heterocycles. The number of halogens is 2. The van der Waals surface area contributed by atoms with E-state index < -0.39 is 0 Å². The van der Waals surface area contributed by atoms with Crippen molar-refractivity contribution in [3.63, 3.8) is 0 Å². The molecule has 0 saturated carbocycles. The highest BCUT2D eigenvalue weighted by Crippen LogP contribution is 2.23. The van der Waals surface area contributed by atoms with Gasteiger partial charge in [0.25, 0.3) is 5.91 Å². The van der Waals surface area contributed by atoms with Crippen LogP contribution in [-0.4, -0.2) is 41.6 Å². The van der Waals surface area contributed by atoms with Gasteiger partial charge in [-0.25, -0.2) is 4.39 Å². The third-order valence-corrected chi connectivity index (χ3v) is 4.78. The third-order valence-electron chi connectivity index (χ3n) is 4.35. The maximum atomic E-state index is 13.9. The number of aromatic nitrogens is 1. The number of amides is 1. The minimum atomic E-state index is -0.213. The van der Waals surface area contributed by atoms with Crippen LogP contribution in [0, 0.1) is 5.82 Å². The number of carbonyl (C=O) groups excluding carboxylic acids is 1. The number of piperazine rings is 1. The molecule has 1 aliphatic heterocycles. The van der Waals surface area contributed by atoms with Crippen molar-refractivity contribution in [1.82, 2.24) is 9.47 Å². The van der Waals surface area contributed by atoms with E-state index in [-0.39, 0.29) is 17.8 Å². The zero-order valence-corrected chi connectivity index (χ0v) is 15.5. The Balaban J connectivity index is 1.71. The number of para-hydroxylation sites is 1. The molecule has 0 N–H and O–H groups in total. The standard InChI is InChI=1S/C18H21BrFN3O/c1-13(2)23-12-14(19)11-17(23)18(24)22-9-7-21(8-10-22)16-6-4-3-5-15(16)20/h3-6,11-13H,7-10H2,1-2H3. The van der Waals surface area contributed by atoms with Crippen molar-refractivity contribution in [2.24, 2.45) is 0 Å². The van der Waals surface area contributed by atoms with E-state index in [0.29, 0.717) is 37.6 Å². The predicted molar refractivity (Wildman–Crippen MR) is 97.0 cm³/mol. The molecule has 2 aromatic rings. The Hall–Kier alpha value is -1.82. The first kappa shape index (κ1) is 17.0. The highest BCUT2D eigenvalue weighted by Gasteiger charge is 2.26. The van der Waals surface area contributed by atoms with Gasteiger partial charge in [0.05, 0.1) is 5.69 Å². The van der Waals surface area contributed by atoms with E-state index >= 15 is 0 Å². The first-order chi connectivity index (χ1) is 11.5. The molecule has 3 rings (SSSR count). The Morgan fingerprint density at radius 1 is 1.17 bits per heavy atom. The van der Waals surface area contributed by atoms with Crippen LogP contribution in [0.15, 0.2) is 41.0 Å². The fourth-order valence-electron chi connectivity index (χ4n) is 3.06. The van der Waals surface area contributed by atoms with E-state index in [0.717, 1.165) is 4.47 Å². The van der Waals surface area contributed by atoms with Gasteiger partial charge >= 0.3 is 0 Å². The van der Waals surface area contributed by atoms with Crippen molar-refractivity contribution in [3.05, 3.63) is 52.5 Å². The second-order valence-electron chi connectivity index (χ2n) is 6.28. The normalized spacial score (nSPS) is 15.2. The highest BCUT2D eigenvalue weighted by atomic mass is 79.9. The molecule has 0 radical (unpaired) electrons. The molecule has 4 nitrogen and oxygen atoms in total. The van der Waals surface area contributed by atoms with E-state index in [9.17, 15) is 9.18 Å². The lowest BCUT2D eigenvalue weighted by atomic mass is 10.2. The van der Waals surface area contributed by atoms with Crippen molar-refractivity contribution in [2.45, 2.75) is 19.9 Å². The van der Waals surface area contributed by atoms with Crippen LogP contribution >= 0.6 is 15.9 Å². The van der Waals surface area contributed by atoms with Crippen LogP contribution in [0.1, 0.15) is 30.4 Å². The fraction of sp³-hybridized carbons (Fsp3) is 0.389. The van der Waals surface area contributed by atoms with Gasteiger partial charge in [0, 0.05) is 42.9 Å². The minimum absolute atomic E-state index is 0.0302. The average molecular weight is 394 g/mol. The molecular formula is C18H21BrFN3O. The van der Waals surface area contributed by atoms with Crippen LogP contribution in [0.25, 0.3) is 0 Å². The number of carbonyl (C=O) groups is 1. The van der Waals surface area contributed by atoms with Crippen molar-refractivity contribution in [3.8, 4) is 0 Å². The molecule has 0 bridgehead atoms. The Morgan fingerprint density at radius 3 is 2.46 bits per heavy atom. The van der Waals surface area contributed by atoms with E-state index in [2.05, 4.69) is 29.8 Å². The number of rotatable bonds is 3. The molecule has 2 heterocycles. The average Bonchev–Trinajstić information content (AvgIpc) is 2.97. The lowest BCUT2D eigenvalue weighted by molar-refractivity contribution is 0.0734. The molecular weight excluding hydrogens is 373 g/mol. The van der Waals surface area contributed by atoms with Gasteiger partial charge in [-0.1, -0.05) is 12.1 Å². The van der Waals surface area contributed by atoms with Gasteiger partial charge in [0.2, 0.25) is 0 Å². The quantitative estimate of drug-likeness (QED) is 0.789. The molecule has 1 amide bonds. The summed E-state index contributed by atoms with van der Waals surface area (Å²) in [5.74, 6) is -0.183. The summed E-state index contributed by atoms with van der Waals surface area (Å²) in [6, 6.07) is 8.87. The van der Waals surface area contributed by atoms with Gasteiger partial charge in [0.1, 0.15) is 11.5 Å². The molecule has 0 aliphatic carbocycles. The second-order valence-corrected chi connectivity index (χ2v) is 7.19. The number of hydrogen-bond donors (Lipinski definition) is 0. The molecule has 1 saturated heterocycles. The number of benzene rings is 1. The van der Waals surface area contributed by atoms with E-state index in [1.165, 1.54) is 6.07 Å². The number of anilines is 1. The zero-order valence-electron chi connectivity index (χ0n) is 13.9. The molecule has 0 atom stereocenters. The van der Waals surface area contributed by atoms with Crippen LogP contribution in [0.4, 0.5) is 10.1 Å². The maximum Gasteiger partial charge on any atom is 0.270 e. The van der Waals surface area contributed by atoms with Gasteiger partial charge in [0.15, 0.2) is 0 Å². The molecule has 128 valence electrons. The molecule has 0 unspecified atom stereocenters. The number of hydrogen-bond acceptors (Lipinski definition) is 2. The van der Waals surface area contributed by atoms with Gasteiger partial charge < -0.3 is 14.4 Å². The van der Waals surface area contributed by atoms with Crippen LogP contribution in [0.2, 0.25) is 0 Å². The van der Waals surface area contributed by atoms with Crippen molar-refractivity contribution in [2.75, 3.05) is 31.1 Å². The Kier molecular flexibility index (Phi) is 4.94. The Labute approximate surface area is 150 Å². The summed E-state index contributed by atoms with van der Waals surface area (Å²) in [6.07, 6.45) is 1.94. The molecule has 1 fully saturated rings. The SMILES string of the molecule is CC(C)n1cc(Br)cc1C(=O)N1CCN(c2ccccc2F)CC1. The van der Waals surface area contributed by atoms with Gasteiger partial charge in [-0.3, -0.25) is 4.79 Å². The van der Waals surface area contributed by atoms with E-state index in [1.54, 1.807) is 12.1 Å². The smallest absolute Gasteiger partial charge is 0.270 e. The molecule has 6 heteroatoms. The lowest BCUT2D eigenvalue weighted by Crippen LogP contribution is -2.49. The summed E-state index contributed by atoms with van der Waals surface area (Å²) in [5.41, 5.74) is 1.30. The molecule has 24 heavy (non-hydrogen) atoms. The van der Waals surface area contributed by atoms with E-state index in [1.807, 2.05) is 32.7 Å². The van der Waals surface area contributed by atoms with E-state index in [4.69, 9.17) is 0 Å².